The second kappa shape index (κ2) is 10.7. The van der Waals surface area contributed by atoms with E-state index in [4.69, 9.17) is 0 Å². The summed E-state index contributed by atoms with van der Waals surface area (Å²) in [4.78, 5) is 12.5. The highest BCUT2D eigenvalue weighted by molar-refractivity contribution is 7.89. The number of piperidine rings is 1. The van der Waals surface area contributed by atoms with Gasteiger partial charge in [0.15, 0.2) is 0 Å². The van der Waals surface area contributed by atoms with Crippen molar-refractivity contribution < 1.29 is 13.2 Å². The summed E-state index contributed by atoms with van der Waals surface area (Å²) in [7, 11) is -3.26. The molecule has 2 aromatic rings. The molecule has 1 amide bonds. The Morgan fingerprint density at radius 2 is 1.63 bits per heavy atom. The topological polar surface area (TPSA) is 66.5 Å². The molecular weight excluding hydrogens is 396 g/mol. The van der Waals surface area contributed by atoms with Crippen LogP contribution in [0.2, 0.25) is 0 Å². The summed E-state index contributed by atoms with van der Waals surface area (Å²) in [5, 5.41) is 3.05. The minimum Gasteiger partial charge on any atom is -0.355 e. The Balaban J connectivity index is 1.40. The number of rotatable bonds is 9. The van der Waals surface area contributed by atoms with Crippen molar-refractivity contribution in [2.45, 2.75) is 38.5 Å². The standard InChI is InChI=1S/C24H32N2O3S/c1-20(22-12-6-3-7-13-22)19-25-24(27)23-14-16-26(17-15-23)30(28,29)18-8-11-21-9-4-2-5-10-21/h2-7,9-10,12-13,20,23H,8,11,14-19H2,1H3,(H,25,27)/t20-/m0/s1. The Hall–Kier alpha value is -2.18. The molecule has 162 valence electrons. The van der Waals surface area contributed by atoms with Gasteiger partial charge in [-0.25, -0.2) is 12.7 Å². The summed E-state index contributed by atoms with van der Waals surface area (Å²) in [5.41, 5.74) is 2.36. The molecule has 5 nitrogen and oxygen atoms in total. The van der Waals surface area contributed by atoms with Gasteiger partial charge in [-0.3, -0.25) is 4.79 Å². The fourth-order valence-electron chi connectivity index (χ4n) is 3.93. The quantitative estimate of drug-likeness (QED) is 0.664. The van der Waals surface area contributed by atoms with E-state index in [2.05, 4.69) is 24.4 Å². The van der Waals surface area contributed by atoms with Gasteiger partial charge in [-0.05, 0) is 42.7 Å². The number of carbonyl (C=O) groups excluding carboxylic acids is 1. The van der Waals surface area contributed by atoms with E-state index < -0.39 is 10.0 Å². The molecule has 2 aromatic carbocycles. The van der Waals surface area contributed by atoms with Crippen LogP contribution >= 0.6 is 0 Å². The Kier molecular flexibility index (Phi) is 8.05. The number of aryl methyl sites for hydroxylation is 1. The summed E-state index contributed by atoms with van der Waals surface area (Å²) >= 11 is 0. The number of sulfonamides is 1. The third-order valence-electron chi connectivity index (χ3n) is 5.88. The summed E-state index contributed by atoms with van der Waals surface area (Å²) in [6, 6.07) is 20.1. The molecule has 0 radical (unpaired) electrons. The molecule has 30 heavy (non-hydrogen) atoms. The average Bonchev–Trinajstić information content (AvgIpc) is 2.78. The molecule has 0 bridgehead atoms. The van der Waals surface area contributed by atoms with E-state index in [0.29, 0.717) is 38.9 Å². The molecule has 1 aliphatic heterocycles. The third kappa shape index (κ3) is 6.41. The number of nitrogens with zero attached hydrogens (tertiary/aromatic N) is 1. The van der Waals surface area contributed by atoms with E-state index in [1.54, 1.807) is 4.31 Å². The summed E-state index contributed by atoms with van der Waals surface area (Å²) in [5.74, 6) is 0.343. The fraction of sp³-hybridized carbons (Fsp3) is 0.458. The van der Waals surface area contributed by atoms with Gasteiger partial charge in [-0.15, -0.1) is 0 Å². The zero-order valence-electron chi connectivity index (χ0n) is 17.7. The van der Waals surface area contributed by atoms with Crippen molar-refractivity contribution in [3.63, 3.8) is 0 Å². The minimum absolute atomic E-state index is 0.0407. The first-order valence-electron chi connectivity index (χ1n) is 10.8. The molecular formula is C24H32N2O3S. The lowest BCUT2D eigenvalue weighted by molar-refractivity contribution is -0.126. The Bertz CT molecular complexity index is 893. The Labute approximate surface area is 180 Å². The maximum absolute atomic E-state index is 12.6. The maximum Gasteiger partial charge on any atom is 0.223 e. The first-order chi connectivity index (χ1) is 14.5. The van der Waals surface area contributed by atoms with Gasteiger partial charge in [-0.2, -0.15) is 0 Å². The van der Waals surface area contributed by atoms with Gasteiger partial charge in [0.1, 0.15) is 0 Å². The van der Waals surface area contributed by atoms with Crippen molar-refractivity contribution in [2.24, 2.45) is 5.92 Å². The third-order valence-corrected chi connectivity index (χ3v) is 7.84. The lowest BCUT2D eigenvalue weighted by Crippen LogP contribution is -2.44. The van der Waals surface area contributed by atoms with Crippen LogP contribution in [-0.2, 0) is 21.2 Å². The number of carbonyl (C=O) groups is 1. The van der Waals surface area contributed by atoms with E-state index in [9.17, 15) is 13.2 Å². The average molecular weight is 429 g/mol. The largest absolute Gasteiger partial charge is 0.355 e. The molecule has 0 aromatic heterocycles. The second-order valence-electron chi connectivity index (χ2n) is 8.14. The highest BCUT2D eigenvalue weighted by Gasteiger charge is 2.30. The molecule has 1 aliphatic rings. The SMILES string of the molecule is C[C@@H](CNC(=O)C1CCN(S(=O)(=O)CCCc2ccccc2)CC1)c1ccccc1. The monoisotopic (exact) mass is 428 g/mol. The van der Waals surface area contributed by atoms with E-state index in [-0.39, 0.29) is 23.5 Å². The van der Waals surface area contributed by atoms with Gasteiger partial charge < -0.3 is 5.32 Å². The van der Waals surface area contributed by atoms with Crippen molar-refractivity contribution in [1.29, 1.82) is 0 Å². The van der Waals surface area contributed by atoms with Crippen LogP contribution in [-0.4, -0.2) is 44.0 Å². The van der Waals surface area contributed by atoms with Crippen LogP contribution < -0.4 is 5.32 Å². The van der Waals surface area contributed by atoms with E-state index in [1.807, 2.05) is 48.5 Å². The highest BCUT2D eigenvalue weighted by Crippen LogP contribution is 2.21. The molecule has 1 heterocycles. The van der Waals surface area contributed by atoms with Crippen LogP contribution in [0.15, 0.2) is 60.7 Å². The molecule has 0 spiro atoms. The molecule has 6 heteroatoms. The predicted octanol–water partition coefficient (Wildman–Crippen LogP) is 3.58. The van der Waals surface area contributed by atoms with Gasteiger partial charge in [-0.1, -0.05) is 67.6 Å². The van der Waals surface area contributed by atoms with Crippen LogP contribution in [0, 0.1) is 5.92 Å². The number of amides is 1. The molecule has 1 saturated heterocycles. The van der Waals surface area contributed by atoms with Crippen molar-refractivity contribution in [1.82, 2.24) is 9.62 Å². The van der Waals surface area contributed by atoms with Crippen molar-refractivity contribution in [3.05, 3.63) is 71.8 Å². The zero-order chi connectivity index (χ0) is 21.4. The normalized spacial score (nSPS) is 16.8. The molecule has 3 rings (SSSR count). The van der Waals surface area contributed by atoms with Crippen molar-refractivity contribution >= 4 is 15.9 Å². The van der Waals surface area contributed by atoms with Gasteiger partial charge in [0.05, 0.1) is 5.75 Å². The Morgan fingerprint density at radius 3 is 2.27 bits per heavy atom. The summed E-state index contributed by atoms with van der Waals surface area (Å²) in [6.07, 6.45) is 2.55. The van der Waals surface area contributed by atoms with Crippen LogP contribution in [0.1, 0.15) is 43.2 Å². The number of benzene rings is 2. The molecule has 0 unspecified atom stereocenters. The van der Waals surface area contributed by atoms with Crippen LogP contribution in [0.5, 0.6) is 0 Å². The van der Waals surface area contributed by atoms with Crippen molar-refractivity contribution in [3.8, 4) is 0 Å². The lowest BCUT2D eigenvalue weighted by atomic mass is 9.96. The number of nitrogens with one attached hydrogen (secondary N) is 1. The molecule has 1 fully saturated rings. The first-order valence-corrected chi connectivity index (χ1v) is 12.4. The van der Waals surface area contributed by atoms with Gasteiger partial charge in [0.2, 0.25) is 15.9 Å². The van der Waals surface area contributed by atoms with Gasteiger partial charge >= 0.3 is 0 Å². The molecule has 0 saturated carbocycles. The molecule has 1 N–H and O–H groups in total. The number of hydrogen-bond donors (Lipinski definition) is 1. The maximum atomic E-state index is 12.6. The van der Waals surface area contributed by atoms with E-state index in [0.717, 1.165) is 12.0 Å². The number of hydrogen-bond acceptors (Lipinski definition) is 3. The molecule has 0 aliphatic carbocycles. The summed E-state index contributed by atoms with van der Waals surface area (Å²) in [6.45, 7) is 3.56. The highest BCUT2D eigenvalue weighted by atomic mass is 32.2. The Morgan fingerprint density at radius 1 is 1.03 bits per heavy atom. The second-order valence-corrected chi connectivity index (χ2v) is 10.2. The van der Waals surface area contributed by atoms with E-state index in [1.165, 1.54) is 5.56 Å². The van der Waals surface area contributed by atoms with Crippen molar-refractivity contribution in [2.75, 3.05) is 25.4 Å². The molecule has 1 atom stereocenters. The van der Waals surface area contributed by atoms with Crippen LogP contribution in [0.4, 0.5) is 0 Å². The van der Waals surface area contributed by atoms with Crippen LogP contribution in [0.3, 0.4) is 0 Å². The first kappa shape index (κ1) is 22.5. The fourth-order valence-corrected chi connectivity index (χ4v) is 5.46. The summed E-state index contributed by atoms with van der Waals surface area (Å²) < 4.78 is 26.9. The zero-order valence-corrected chi connectivity index (χ0v) is 18.5. The predicted molar refractivity (Wildman–Crippen MR) is 121 cm³/mol. The lowest BCUT2D eigenvalue weighted by Gasteiger charge is -2.30. The van der Waals surface area contributed by atoms with Crippen LogP contribution in [0.25, 0.3) is 0 Å². The smallest absolute Gasteiger partial charge is 0.223 e. The van der Waals surface area contributed by atoms with Gasteiger partial charge in [0.25, 0.3) is 0 Å². The minimum atomic E-state index is -3.26. The van der Waals surface area contributed by atoms with E-state index >= 15 is 0 Å². The van der Waals surface area contributed by atoms with Gasteiger partial charge in [0, 0.05) is 25.6 Å².